The molecule has 0 aromatic heterocycles. The Bertz CT molecular complexity index is 207. The first-order valence-electron chi connectivity index (χ1n) is 3.29. The lowest BCUT2D eigenvalue weighted by Gasteiger charge is -2.25. The van der Waals surface area contributed by atoms with Gasteiger partial charge in [0.25, 0.3) is 0 Å². The van der Waals surface area contributed by atoms with Crippen LogP contribution in [0.3, 0.4) is 0 Å². The van der Waals surface area contributed by atoms with E-state index in [4.69, 9.17) is 12.2 Å². The van der Waals surface area contributed by atoms with Crippen molar-refractivity contribution in [3.8, 4) is 0 Å². The van der Waals surface area contributed by atoms with Crippen LogP contribution in [0, 0.1) is 0 Å². The second kappa shape index (κ2) is 2.96. The highest BCUT2D eigenvalue weighted by Crippen LogP contribution is 2.01. The monoisotopic (exact) mass is 172 g/mol. The number of hydrogen-bond acceptors (Lipinski definition) is 3. The van der Waals surface area contributed by atoms with E-state index in [0.717, 1.165) is 0 Å². The Morgan fingerprint density at radius 2 is 2.27 bits per heavy atom. The molecule has 0 aromatic rings. The van der Waals surface area contributed by atoms with E-state index in [0.29, 0.717) is 6.54 Å². The Labute approximate surface area is 69.5 Å². The van der Waals surface area contributed by atoms with Crippen LogP contribution in [0.25, 0.3) is 0 Å². The van der Waals surface area contributed by atoms with Crippen LogP contribution in [0.2, 0.25) is 0 Å². The molecule has 0 radical (unpaired) electrons. The summed E-state index contributed by atoms with van der Waals surface area (Å²) in [6, 6.07) is 0. The molecule has 1 N–H and O–H groups in total. The van der Waals surface area contributed by atoms with E-state index in [9.17, 15) is 9.59 Å². The SMILES string of the molecule is CCN1C(=O)CC(=O)NC1=S. The zero-order valence-corrected chi connectivity index (χ0v) is 6.90. The van der Waals surface area contributed by atoms with Crippen LogP contribution >= 0.6 is 12.2 Å². The Hall–Kier alpha value is -0.970. The lowest BCUT2D eigenvalue weighted by Crippen LogP contribution is -2.52. The van der Waals surface area contributed by atoms with Gasteiger partial charge >= 0.3 is 0 Å². The topological polar surface area (TPSA) is 49.4 Å². The number of nitrogens with one attached hydrogen (secondary N) is 1. The van der Waals surface area contributed by atoms with Gasteiger partial charge in [0.05, 0.1) is 0 Å². The largest absolute Gasteiger partial charge is 0.302 e. The smallest absolute Gasteiger partial charge is 0.238 e. The van der Waals surface area contributed by atoms with Crippen molar-refractivity contribution in [2.75, 3.05) is 6.54 Å². The van der Waals surface area contributed by atoms with Crippen molar-refractivity contribution >= 4 is 29.1 Å². The van der Waals surface area contributed by atoms with Crippen molar-refractivity contribution in [3.05, 3.63) is 0 Å². The van der Waals surface area contributed by atoms with Crippen molar-refractivity contribution in [1.82, 2.24) is 10.2 Å². The molecule has 0 aliphatic carbocycles. The molecule has 1 saturated heterocycles. The van der Waals surface area contributed by atoms with Gasteiger partial charge in [-0.1, -0.05) is 0 Å². The molecule has 0 bridgehead atoms. The van der Waals surface area contributed by atoms with Gasteiger partial charge in [0.15, 0.2) is 5.11 Å². The number of hydrogen-bond donors (Lipinski definition) is 1. The van der Waals surface area contributed by atoms with E-state index in [2.05, 4.69) is 5.32 Å². The third kappa shape index (κ3) is 1.54. The highest BCUT2D eigenvalue weighted by molar-refractivity contribution is 7.80. The van der Waals surface area contributed by atoms with Gasteiger partial charge in [-0.2, -0.15) is 0 Å². The molecule has 0 unspecified atom stereocenters. The molecule has 1 aliphatic rings. The second-order valence-electron chi connectivity index (χ2n) is 2.17. The van der Waals surface area contributed by atoms with Crippen LogP contribution in [0.15, 0.2) is 0 Å². The normalized spacial score (nSPS) is 18.6. The summed E-state index contributed by atoms with van der Waals surface area (Å²) in [5.74, 6) is -0.536. The molecule has 1 fully saturated rings. The summed E-state index contributed by atoms with van der Waals surface area (Å²) in [5.41, 5.74) is 0. The van der Waals surface area contributed by atoms with E-state index in [1.54, 1.807) is 0 Å². The molecule has 0 spiro atoms. The van der Waals surface area contributed by atoms with Crippen molar-refractivity contribution in [2.45, 2.75) is 13.3 Å². The molecular formula is C6H8N2O2S. The first kappa shape index (κ1) is 8.13. The molecule has 1 heterocycles. The molecule has 0 saturated carbocycles. The number of amides is 2. The quantitative estimate of drug-likeness (QED) is 0.434. The zero-order chi connectivity index (χ0) is 8.43. The molecular weight excluding hydrogens is 164 g/mol. The Morgan fingerprint density at radius 1 is 1.64 bits per heavy atom. The highest BCUT2D eigenvalue weighted by atomic mass is 32.1. The average molecular weight is 172 g/mol. The fraction of sp³-hybridized carbons (Fsp3) is 0.500. The Morgan fingerprint density at radius 3 is 2.73 bits per heavy atom. The predicted molar refractivity (Wildman–Crippen MR) is 42.7 cm³/mol. The van der Waals surface area contributed by atoms with Gasteiger partial charge in [-0.15, -0.1) is 0 Å². The summed E-state index contributed by atoms with van der Waals surface area (Å²) in [4.78, 5) is 23.1. The third-order valence-electron chi connectivity index (χ3n) is 1.42. The minimum Gasteiger partial charge on any atom is -0.302 e. The maximum absolute atomic E-state index is 11.0. The van der Waals surface area contributed by atoms with Gasteiger partial charge in [0, 0.05) is 6.54 Å². The minimum atomic E-state index is -0.315. The van der Waals surface area contributed by atoms with Crippen molar-refractivity contribution in [2.24, 2.45) is 0 Å². The van der Waals surface area contributed by atoms with Crippen LogP contribution < -0.4 is 5.32 Å². The molecule has 60 valence electrons. The van der Waals surface area contributed by atoms with Crippen LogP contribution in [0.1, 0.15) is 13.3 Å². The molecule has 1 aliphatic heterocycles. The number of carbonyl (C=O) groups excluding carboxylic acids is 2. The van der Waals surface area contributed by atoms with Crippen molar-refractivity contribution in [3.63, 3.8) is 0 Å². The first-order chi connectivity index (χ1) is 5.15. The van der Waals surface area contributed by atoms with Crippen LogP contribution in [-0.4, -0.2) is 28.4 Å². The second-order valence-corrected chi connectivity index (χ2v) is 2.55. The van der Waals surface area contributed by atoms with Gasteiger partial charge < -0.3 is 5.32 Å². The first-order valence-corrected chi connectivity index (χ1v) is 3.70. The summed E-state index contributed by atoms with van der Waals surface area (Å²) in [7, 11) is 0. The van der Waals surface area contributed by atoms with Crippen LogP contribution in [0.4, 0.5) is 0 Å². The molecule has 5 heteroatoms. The van der Waals surface area contributed by atoms with Gasteiger partial charge in [0.2, 0.25) is 11.8 Å². The van der Waals surface area contributed by atoms with Crippen molar-refractivity contribution < 1.29 is 9.59 Å². The van der Waals surface area contributed by atoms with Gasteiger partial charge in [-0.05, 0) is 19.1 Å². The molecule has 0 atom stereocenters. The molecule has 4 nitrogen and oxygen atoms in total. The molecule has 0 aromatic carbocycles. The average Bonchev–Trinajstić information content (AvgIpc) is 1.85. The standard InChI is InChI=1S/C6H8N2O2S/c1-2-8-5(10)3-4(9)7-6(8)11/h2-3H2,1H3,(H,7,9,11). The molecule has 1 rings (SSSR count). The molecule has 2 amide bonds. The maximum atomic E-state index is 11.0. The maximum Gasteiger partial charge on any atom is 0.238 e. The number of carbonyl (C=O) groups is 2. The van der Waals surface area contributed by atoms with Crippen molar-refractivity contribution in [1.29, 1.82) is 0 Å². The van der Waals surface area contributed by atoms with E-state index in [-0.39, 0.29) is 23.3 Å². The van der Waals surface area contributed by atoms with E-state index < -0.39 is 0 Å². The Kier molecular flexibility index (Phi) is 2.19. The molecule has 11 heavy (non-hydrogen) atoms. The summed E-state index contributed by atoms with van der Waals surface area (Å²) in [6.07, 6.45) is -0.0893. The third-order valence-corrected chi connectivity index (χ3v) is 1.74. The zero-order valence-electron chi connectivity index (χ0n) is 6.09. The predicted octanol–water partition coefficient (Wildman–Crippen LogP) is -0.360. The van der Waals surface area contributed by atoms with E-state index >= 15 is 0 Å². The fourth-order valence-electron chi connectivity index (χ4n) is 0.897. The Balaban J connectivity index is 2.74. The highest BCUT2D eigenvalue weighted by Gasteiger charge is 2.25. The van der Waals surface area contributed by atoms with Crippen LogP contribution in [0.5, 0.6) is 0 Å². The summed E-state index contributed by atoms with van der Waals surface area (Å²) in [6.45, 7) is 2.32. The minimum absolute atomic E-state index is 0.0893. The summed E-state index contributed by atoms with van der Waals surface area (Å²) < 4.78 is 0. The van der Waals surface area contributed by atoms with Crippen LogP contribution in [-0.2, 0) is 9.59 Å². The van der Waals surface area contributed by atoms with Gasteiger partial charge in [0.1, 0.15) is 6.42 Å². The summed E-state index contributed by atoms with van der Waals surface area (Å²) in [5, 5.41) is 2.62. The number of thiocarbonyl (C=S) groups is 1. The van der Waals surface area contributed by atoms with E-state index in [1.165, 1.54) is 4.90 Å². The van der Waals surface area contributed by atoms with Gasteiger partial charge in [-0.3, -0.25) is 14.5 Å². The fourth-order valence-corrected chi connectivity index (χ4v) is 1.24. The lowest BCUT2D eigenvalue weighted by molar-refractivity contribution is -0.134. The number of rotatable bonds is 1. The lowest BCUT2D eigenvalue weighted by atomic mass is 10.3. The van der Waals surface area contributed by atoms with E-state index in [1.807, 2.05) is 6.92 Å². The number of nitrogens with zero attached hydrogens (tertiary/aromatic N) is 1. The van der Waals surface area contributed by atoms with Gasteiger partial charge in [-0.25, -0.2) is 0 Å². The summed E-state index contributed by atoms with van der Waals surface area (Å²) >= 11 is 4.75.